The van der Waals surface area contributed by atoms with Crippen LogP contribution in [0.4, 0.5) is 0 Å². The third-order valence-corrected chi connectivity index (χ3v) is 3.02. The number of hydrogen-bond donors (Lipinski definition) is 2. The van der Waals surface area contributed by atoms with E-state index in [9.17, 15) is 14.7 Å². The molecule has 0 aliphatic rings. The zero-order valence-corrected chi connectivity index (χ0v) is 10.9. The minimum absolute atomic E-state index is 0.251. The smallest absolute Gasteiger partial charge is 0.334 e. The number of rotatable bonds is 5. The molecule has 0 heterocycles. The highest BCUT2D eigenvalue weighted by atomic mass is 16.4. The summed E-state index contributed by atoms with van der Waals surface area (Å²) in [5, 5.41) is 12.2. The highest BCUT2D eigenvalue weighted by Gasteiger charge is 2.40. The summed E-state index contributed by atoms with van der Waals surface area (Å²) in [6.45, 7) is 5.23. The molecule has 98 valence electrons. The van der Waals surface area contributed by atoms with E-state index in [0.717, 1.165) is 0 Å². The first-order chi connectivity index (χ1) is 8.44. The molecule has 1 atom stereocenters. The van der Waals surface area contributed by atoms with Crippen molar-refractivity contribution in [1.29, 1.82) is 0 Å². The number of carbonyl (C=O) groups is 2. The van der Waals surface area contributed by atoms with Crippen molar-refractivity contribution in [2.75, 3.05) is 0 Å². The summed E-state index contributed by atoms with van der Waals surface area (Å²) in [6.07, 6.45) is 0.296. The fourth-order valence-corrected chi connectivity index (χ4v) is 1.77. The van der Waals surface area contributed by atoms with Gasteiger partial charge in [-0.3, -0.25) is 4.79 Å². The van der Waals surface area contributed by atoms with E-state index in [4.69, 9.17) is 0 Å². The van der Waals surface area contributed by atoms with Crippen LogP contribution in [0.25, 0.3) is 0 Å². The van der Waals surface area contributed by atoms with E-state index in [1.54, 1.807) is 45.0 Å². The lowest BCUT2D eigenvalue weighted by Gasteiger charge is -2.30. The molecule has 0 bridgehead atoms. The van der Waals surface area contributed by atoms with Crippen molar-refractivity contribution in [2.24, 2.45) is 5.92 Å². The Bertz CT molecular complexity index is 428. The number of hydrogen-bond acceptors (Lipinski definition) is 2. The maximum Gasteiger partial charge on any atom is 0.334 e. The quantitative estimate of drug-likeness (QED) is 0.840. The Kier molecular flexibility index (Phi) is 4.48. The molecule has 0 saturated carbocycles. The van der Waals surface area contributed by atoms with Gasteiger partial charge in [0.15, 0.2) is 5.54 Å². The Balaban J connectivity index is 3.19. The molecule has 2 N–H and O–H groups in total. The number of aliphatic carboxylic acids is 1. The largest absolute Gasteiger partial charge is 0.479 e. The number of nitrogens with one attached hydrogen (secondary N) is 1. The molecule has 4 heteroatoms. The third-order valence-electron chi connectivity index (χ3n) is 3.02. The topological polar surface area (TPSA) is 66.4 Å². The van der Waals surface area contributed by atoms with Crippen LogP contribution in [-0.4, -0.2) is 17.0 Å². The molecule has 4 nitrogen and oxygen atoms in total. The highest BCUT2D eigenvalue weighted by molar-refractivity contribution is 5.88. The zero-order valence-electron chi connectivity index (χ0n) is 10.9. The third kappa shape index (κ3) is 2.70. The van der Waals surface area contributed by atoms with Gasteiger partial charge < -0.3 is 10.4 Å². The van der Waals surface area contributed by atoms with Gasteiger partial charge >= 0.3 is 5.97 Å². The molecule has 1 aromatic rings. The first-order valence-electron chi connectivity index (χ1n) is 6.05. The summed E-state index contributed by atoms with van der Waals surface area (Å²) >= 11 is 0. The average molecular weight is 249 g/mol. The molecule has 1 rings (SSSR count). The summed E-state index contributed by atoms with van der Waals surface area (Å²) in [5.74, 6) is -1.55. The highest BCUT2D eigenvalue weighted by Crippen LogP contribution is 2.25. The van der Waals surface area contributed by atoms with E-state index >= 15 is 0 Å². The van der Waals surface area contributed by atoms with Crippen LogP contribution >= 0.6 is 0 Å². The molecular formula is C14H19NO3. The van der Waals surface area contributed by atoms with Crippen LogP contribution in [0.3, 0.4) is 0 Å². The van der Waals surface area contributed by atoms with E-state index in [-0.39, 0.29) is 11.8 Å². The Morgan fingerprint density at radius 3 is 2.22 bits per heavy atom. The second-order valence-corrected chi connectivity index (χ2v) is 4.57. The minimum atomic E-state index is -1.34. The van der Waals surface area contributed by atoms with Crippen molar-refractivity contribution in [3.05, 3.63) is 35.9 Å². The van der Waals surface area contributed by atoms with Crippen molar-refractivity contribution in [2.45, 2.75) is 32.7 Å². The molecule has 18 heavy (non-hydrogen) atoms. The van der Waals surface area contributed by atoms with Gasteiger partial charge in [-0.15, -0.1) is 0 Å². The van der Waals surface area contributed by atoms with Crippen LogP contribution in [0.1, 0.15) is 32.8 Å². The van der Waals surface area contributed by atoms with Crippen LogP contribution in [0, 0.1) is 5.92 Å². The molecular weight excluding hydrogens is 230 g/mol. The first kappa shape index (κ1) is 14.2. The van der Waals surface area contributed by atoms with Gasteiger partial charge in [0.2, 0.25) is 5.91 Å². The van der Waals surface area contributed by atoms with Crippen LogP contribution in [0.15, 0.2) is 30.3 Å². The monoisotopic (exact) mass is 249 g/mol. The van der Waals surface area contributed by atoms with Crippen LogP contribution in [-0.2, 0) is 15.1 Å². The summed E-state index contributed by atoms with van der Waals surface area (Å²) in [4.78, 5) is 23.4. The molecule has 0 aliphatic heterocycles. The van der Waals surface area contributed by atoms with Crippen molar-refractivity contribution < 1.29 is 14.7 Å². The molecule has 1 amide bonds. The van der Waals surface area contributed by atoms with E-state index in [0.29, 0.717) is 12.0 Å². The summed E-state index contributed by atoms with van der Waals surface area (Å²) in [6, 6.07) is 8.79. The van der Waals surface area contributed by atoms with Crippen LogP contribution < -0.4 is 5.32 Å². The van der Waals surface area contributed by atoms with Crippen molar-refractivity contribution in [3.63, 3.8) is 0 Å². The second-order valence-electron chi connectivity index (χ2n) is 4.57. The van der Waals surface area contributed by atoms with Crippen LogP contribution in [0.2, 0.25) is 0 Å². The first-order valence-corrected chi connectivity index (χ1v) is 6.05. The standard InChI is InChI=1S/C14H19NO3/c1-4-14(13(17)18,15-12(16)10(2)3)11-8-6-5-7-9-11/h5-10H,4H2,1-3H3,(H,15,16)(H,17,18). The maximum absolute atomic E-state index is 11.8. The fourth-order valence-electron chi connectivity index (χ4n) is 1.77. The molecule has 1 unspecified atom stereocenters. The van der Waals surface area contributed by atoms with Crippen molar-refractivity contribution in [3.8, 4) is 0 Å². The number of benzene rings is 1. The van der Waals surface area contributed by atoms with Crippen molar-refractivity contribution in [1.82, 2.24) is 5.32 Å². The van der Waals surface area contributed by atoms with Gasteiger partial charge in [-0.05, 0) is 12.0 Å². The lowest BCUT2D eigenvalue weighted by atomic mass is 9.86. The molecule has 0 spiro atoms. The lowest BCUT2D eigenvalue weighted by molar-refractivity contribution is -0.149. The molecule has 0 aromatic heterocycles. The van der Waals surface area contributed by atoms with E-state index in [2.05, 4.69) is 5.32 Å². The number of carbonyl (C=O) groups excluding carboxylic acids is 1. The van der Waals surface area contributed by atoms with Gasteiger partial charge in [0, 0.05) is 5.92 Å². The zero-order chi connectivity index (χ0) is 13.8. The molecule has 1 aromatic carbocycles. The van der Waals surface area contributed by atoms with Gasteiger partial charge in [-0.2, -0.15) is 0 Å². The fraction of sp³-hybridized carbons (Fsp3) is 0.429. The maximum atomic E-state index is 11.8. The average Bonchev–Trinajstić information content (AvgIpc) is 2.36. The van der Waals surface area contributed by atoms with Gasteiger partial charge in [-0.25, -0.2) is 4.79 Å². The number of amides is 1. The van der Waals surface area contributed by atoms with Gasteiger partial charge in [0.1, 0.15) is 0 Å². The number of carboxylic acids is 1. The normalized spacial score (nSPS) is 14.0. The molecule has 0 aliphatic carbocycles. The SMILES string of the molecule is CCC(NC(=O)C(C)C)(C(=O)O)c1ccccc1. The minimum Gasteiger partial charge on any atom is -0.479 e. The van der Waals surface area contributed by atoms with E-state index < -0.39 is 11.5 Å². The Hall–Kier alpha value is -1.84. The Morgan fingerprint density at radius 2 is 1.83 bits per heavy atom. The molecule has 0 fully saturated rings. The van der Waals surface area contributed by atoms with Crippen LogP contribution in [0.5, 0.6) is 0 Å². The van der Waals surface area contributed by atoms with E-state index in [1.807, 2.05) is 6.07 Å². The molecule has 0 radical (unpaired) electrons. The Labute approximate surface area is 107 Å². The molecule has 0 saturated heterocycles. The summed E-state index contributed by atoms with van der Waals surface area (Å²) < 4.78 is 0. The summed E-state index contributed by atoms with van der Waals surface area (Å²) in [5.41, 5.74) is -0.753. The number of carboxylic acid groups (broad SMARTS) is 1. The van der Waals surface area contributed by atoms with Gasteiger partial charge in [0.25, 0.3) is 0 Å². The van der Waals surface area contributed by atoms with Crippen molar-refractivity contribution >= 4 is 11.9 Å². The predicted octanol–water partition coefficient (Wildman–Crippen LogP) is 2.15. The second kappa shape index (κ2) is 5.67. The van der Waals surface area contributed by atoms with Gasteiger partial charge in [0.05, 0.1) is 0 Å². The lowest BCUT2D eigenvalue weighted by Crippen LogP contribution is -2.52. The predicted molar refractivity (Wildman–Crippen MR) is 69.0 cm³/mol. The Morgan fingerprint density at radius 1 is 1.28 bits per heavy atom. The van der Waals surface area contributed by atoms with Gasteiger partial charge in [-0.1, -0.05) is 51.1 Å². The van der Waals surface area contributed by atoms with E-state index in [1.165, 1.54) is 0 Å². The summed E-state index contributed by atoms with van der Waals surface area (Å²) in [7, 11) is 0.